The number of aryl methyl sites for hydroxylation is 1. The van der Waals surface area contributed by atoms with E-state index in [0.29, 0.717) is 31.5 Å². The maximum Gasteiger partial charge on any atom is 0.253 e. The lowest BCUT2D eigenvalue weighted by Gasteiger charge is -1.99. The first kappa shape index (κ1) is 12.6. The monoisotopic (exact) mass is 257 g/mol. The Morgan fingerprint density at radius 1 is 1.11 bits per heavy atom. The highest BCUT2D eigenvalue weighted by Crippen LogP contribution is 2.25. The predicted molar refractivity (Wildman–Crippen MR) is 57.0 cm³/mol. The molecule has 96 valence electrons. The third-order valence-corrected chi connectivity index (χ3v) is 2.28. The van der Waals surface area contributed by atoms with Crippen molar-refractivity contribution in [1.82, 2.24) is 10.2 Å². The maximum atomic E-state index is 13.4. The Kier molecular flexibility index (Phi) is 3.61. The zero-order chi connectivity index (χ0) is 13.1. The molecule has 2 rings (SSSR count). The molecule has 0 aliphatic heterocycles. The van der Waals surface area contributed by atoms with Crippen LogP contribution in [0.2, 0.25) is 0 Å². The zero-order valence-corrected chi connectivity index (χ0v) is 9.29. The second-order valence-corrected chi connectivity index (χ2v) is 3.64. The SMILES string of the molecule is NCCCc1nnc(-c2c(F)cc(F)cc2F)o1. The van der Waals surface area contributed by atoms with Gasteiger partial charge in [-0.05, 0) is 13.0 Å². The van der Waals surface area contributed by atoms with Crippen molar-refractivity contribution in [2.24, 2.45) is 5.73 Å². The van der Waals surface area contributed by atoms with Crippen LogP contribution in [-0.2, 0) is 6.42 Å². The molecule has 2 aromatic rings. The Morgan fingerprint density at radius 3 is 2.39 bits per heavy atom. The molecule has 2 N–H and O–H groups in total. The maximum absolute atomic E-state index is 13.4. The van der Waals surface area contributed by atoms with Gasteiger partial charge in [-0.25, -0.2) is 13.2 Å². The summed E-state index contributed by atoms with van der Waals surface area (Å²) in [6.07, 6.45) is 1.05. The van der Waals surface area contributed by atoms with Gasteiger partial charge >= 0.3 is 0 Å². The van der Waals surface area contributed by atoms with Gasteiger partial charge in [0.15, 0.2) is 0 Å². The first-order valence-electron chi connectivity index (χ1n) is 5.29. The minimum absolute atomic E-state index is 0.235. The van der Waals surface area contributed by atoms with E-state index in [-0.39, 0.29) is 11.8 Å². The molecular formula is C11H10F3N3O. The van der Waals surface area contributed by atoms with Gasteiger partial charge in [0.05, 0.1) is 0 Å². The van der Waals surface area contributed by atoms with E-state index in [9.17, 15) is 13.2 Å². The lowest BCUT2D eigenvalue weighted by molar-refractivity contribution is 0.486. The standard InChI is InChI=1S/C11H10F3N3O/c12-6-4-7(13)10(8(14)5-6)11-17-16-9(18-11)2-1-3-15/h4-5H,1-3,15H2. The van der Waals surface area contributed by atoms with Gasteiger partial charge in [-0.1, -0.05) is 0 Å². The Labute approximate surface area is 101 Å². The molecule has 1 aromatic heterocycles. The van der Waals surface area contributed by atoms with E-state index in [1.807, 2.05) is 0 Å². The van der Waals surface area contributed by atoms with Crippen LogP contribution in [0.5, 0.6) is 0 Å². The molecule has 1 heterocycles. The molecule has 0 saturated carbocycles. The summed E-state index contributed by atoms with van der Waals surface area (Å²) in [6, 6.07) is 1.12. The summed E-state index contributed by atoms with van der Waals surface area (Å²) in [5, 5.41) is 7.17. The van der Waals surface area contributed by atoms with E-state index in [1.54, 1.807) is 0 Å². The van der Waals surface area contributed by atoms with Crippen molar-refractivity contribution in [1.29, 1.82) is 0 Å². The molecule has 0 atom stereocenters. The predicted octanol–water partition coefficient (Wildman–Crippen LogP) is 2.05. The molecule has 7 heteroatoms. The number of hydrogen-bond acceptors (Lipinski definition) is 4. The quantitative estimate of drug-likeness (QED) is 0.910. The van der Waals surface area contributed by atoms with Crippen LogP contribution in [0.15, 0.2) is 16.5 Å². The highest BCUT2D eigenvalue weighted by atomic mass is 19.1. The van der Waals surface area contributed by atoms with Gasteiger partial charge in [-0.15, -0.1) is 10.2 Å². The Balaban J connectivity index is 2.34. The van der Waals surface area contributed by atoms with Crippen LogP contribution >= 0.6 is 0 Å². The third-order valence-electron chi connectivity index (χ3n) is 2.28. The highest BCUT2D eigenvalue weighted by Gasteiger charge is 2.19. The topological polar surface area (TPSA) is 64.9 Å². The van der Waals surface area contributed by atoms with Crippen molar-refractivity contribution in [3.63, 3.8) is 0 Å². The molecule has 0 saturated heterocycles. The van der Waals surface area contributed by atoms with E-state index in [1.165, 1.54) is 0 Å². The van der Waals surface area contributed by atoms with E-state index in [4.69, 9.17) is 10.2 Å². The van der Waals surface area contributed by atoms with Gasteiger partial charge in [0.2, 0.25) is 5.89 Å². The Morgan fingerprint density at radius 2 is 1.78 bits per heavy atom. The summed E-state index contributed by atoms with van der Waals surface area (Å²) in [6.45, 7) is 0.441. The molecule has 0 bridgehead atoms. The minimum Gasteiger partial charge on any atom is -0.420 e. The van der Waals surface area contributed by atoms with Gasteiger partial charge < -0.3 is 10.2 Å². The molecule has 0 fully saturated rings. The average Bonchev–Trinajstić information content (AvgIpc) is 2.73. The van der Waals surface area contributed by atoms with Gasteiger partial charge in [-0.3, -0.25) is 0 Å². The highest BCUT2D eigenvalue weighted by molar-refractivity contribution is 5.54. The molecule has 0 aliphatic carbocycles. The van der Waals surface area contributed by atoms with Crippen molar-refractivity contribution in [2.75, 3.05) is 6.54 Å². The van der Waals surface area contributed by atoms with Gasteiger partial charge in [-0.2, -0.15) is 0 Å². The van der Waals surface area contributed by atoms with Crippen LogP contribution in [0.3, 0.4) is 0 Å². The molecule has 0 unspecified atom stereocenters. The summed E-state index contributed by atoms with van der Waals surface area (Å²) in [5.74, 6) is -3.24. The number of halogens is 3. The van der Waals surface area contributed by atoms with Crippen molar-refractivity contribution in [2.45, 2.75) is 12.8 Å². The zero-order valence-electron chi connectivity index (χ0n) is 9.29. The molecule has 0 aliphatic rings. The van der Waals surface area contributed by atoms with E-state index < -0.39 is 23.0 Å². The van der Waals surface area contributed by atoms with E-state index >= 15 is 0 Å². The van der Waals surface area contributed by atoms with Crippen LogP contribution in [0.4, 0.5) is 13.2 Å². The lowest BCUT2D eigenvalue weighted by atomic mass is 10.2. The largest absolute Gasteiger partial charge is 0.420 e. The molecular weight excluding hydrogens is 247 g/mol. The number of nitrogens with zero attached hydrogens (tertiary/aromatic N) is 2. The summed E-state index contributed by atoms with van der Waals surface area (Å²) < 4.78 is 44.7. The molecule has 0 radical (unpaired) electrons. The lowest BCUT2D eigenvalue weighted by Crippen LogP contribution is -2.00. The Hall–Kier alpha value is -1.89. The number of nitrogens with two attached hydrogens (primary N) is 1. The third kappa shape index (κ3) is 2.51. The van der Waals surface area contributed by atoms with E-state index in [0.717, 1.165) is 0 Å². The van der Waals surface area contributed by atoms with Crippen molar-refractivity contribution >= 4 is 0 Å². The van der Waals surface area contributed by atoms with E-state index in [2.05, 4.69) is 10.2 Å². The molecule has 0 spiro atoms. The number of benzene rings is 1. The van der Waals surface area contributed by atoms with Gasteiger partial charge in [0, 0.05) is 18.6 Å². The van der Waals surface area contributed by atoms with Crippen LogP contribution < -0.4 is 5.73 Å². The number of hydrogen-bond donors (Lipinski definition) is 1. The van der Waals surface area contributed by atoms with Crippen LogP contribution in [0.1, 0.15) is 12.3 Å². The van der Waals surface area contributed by atoms with Crippen LogP contribution in [-0.4, -0.2) is 16.7 Å². The first-order chi connectivity index (χ1) is 8.61. The smallest absolute Gasteiger partial charge is 0.253 e. The first-order valence-corrected chi connectivity index (χ1v) is 5.29. The summed E-state index contributed by atoms with van der Waals surface area (Å²) >= 11 is 0. The summed E-state index contributed by atoms with van der Waals surface area (Å²) in [7, 11) is 0. The molecule has 18 heavy (non-hydrogen) atoms. The fourth-order valence-electron chi connectivity index (χ4n) is 1.46. The summed E-state index contributed by atoms with van der Waals surface area (Å²) in [5.41, 5.74) is 4.78. The second-order valence-electron chi connectivity index (χ2n) is 3.64. The second kappa shape index (κ2) is 5.18. The summed E-state index contributed by atoms with van der Waals surface area (Å²) in [4.78, 5) is 0. The fourth-order valence-corrected chi connectivity index (χ4v) is 1.46. The fraction of sp³-hybridized carbons (Fsp3) is 0.273. The number of rotatable bonds is 4. The van der Waals surface area contributed by atoms with Crippen LogP contribution in [0.25, 0.3) is 11.5 Å². The molecule has 1 aromatic carbocycles. The minimum atomic E-state index is -1.08. The number of aromatic nitrogens is 2. The van der Waals surface area contributed by atoms with Gasteiger partial charge in [0.1, 0.15) is 23.0 Å². The molecule has 0 amide bonds. The van der Waals surface area contributed by atoms with Crippen molar-refractivity contribution in [3.8, 4) is 11.5 Å². The normalized spacial score (nSPS) is 10.9. The Bertz CT molecular complexity index is 533. The average molecular weight is 257 g/mol. The molecule has 4 nitrogen and oxygen atoms in total. The van der Waals surface area contributed by atoms with Gasteiger partial charge in [0.25, 0.3) is 5.89 Å². The van der Waals surface area contributed by atoms with Crippen LogP contribution in [0, 0.1) is 17.5 Å². The van der Waals surface area contributed by atoms with Crippen molar-refractivity contribution < 1.29 is 17.6 Å². The van der Waals surface area contributed by atoms with Crippen molar-refractivity contribution in [3.05, 3.63) is 35.5 Å².